The molecule has 0 amide bonds. The molecule has 0 aromatic carbocycles. The smallest absolute Gasteiger partial charge is 0.190 e. The Balaban J connectivity index is 2.50. The normalized spacial score (nSPS) is 12.5. The molecule has 0 saturated heterocycles. The molecule has 3 nitrogen and oxygen atoms in total. The van der Waals surface area contributed by atoms with Crippen LogP contribution in [-0.4, -0.2) is 34.3 Å². The minimum atomic E-state index is 0.486. The summed E-state index contributed by atoms with van der Waals surface area (Å²) in [5, 5.41) is 5.11. The molecule has 1 atom stereocenters. The van der Waals surface area contributed by atoms with Crippen LogP contribution in [0, 0.1) is 0 Å². The molecule has 1 aromatic rings. The summed E-state index contributed by atoms with van der Waals surface area (Å²) in [5.41, 5.74) is 0. The van der Waals surface area contributed by atoms with E-state index in [9.17, 15) is 0 Å². The van der Waals surface area contributed by atoms with E-state index in [4.69, 9.17) is 11.6 Å². The Morgan fingerprint density at radius 1 is 1.44 bits per heavy atom. The van der Waals surface area contributed by atoms with Crippen LogP contribution in [0.2, 0.25) is 5.15 Å². The van der Waals surface area contributed by atoms with Crippen molar-refractivity contribution in [3.8, 4) is 0 Å². The number of anilines is 1. The largest absolute Gasteiger partial charge is 0.370 e. The Kier molecular flexibility index (Phi) is 6.31. The van der Waals surface area contributed by atoms with E-state index >= 15 is 0 Å². The molecule has 0 bridgehead atoms. The van der Waals surface area contributed by atoms with Crippen LogP contribution >= 0.6 is 35.1 Å². The van der Waals surface area contributed by atoms with Crippen molar-refractivity contribution in [3.05, 3.63) is 11.2 Å². The molecule has 90 valence electrons. The van der Waals surface area contributed by atoms with E-state index in [2.05, 4.69) is 28.5 Å². The number of thioether (sulfide) groups is 2. The molecule has 0 fully saturated rings. The number of hydrogen-bond donors (Lipinski definition) is 1. The van der Waals surface area contributed by atoms with Gasteiger partial charge in [0.2, 0.25) is 0 Å². The van der Waals surface area contributed by atoms with E-state index in [0.29, 0.717) is 15.6 Å². The van der Waals surface area contributed by atoms with Crippen LogP contribution in [0.15, 0.2) is 11.2 Å². The van der Waals surface area contributed by atoms with Crippen molar-refractivity contribution in [2.45, 2.75) is 23.8 Å². The van der Waals surface area contributed by atoms with Crippen LogP contribution in [-0.2, 0) is 0 Å². The molecule has 1 heterocycles. The van der Waals surface area contributed by atoms with Crippen LogP contribution in [0.5, 0.6) is 0 Å². The lowest BCUT2D eigenvalue weighted by molar-refractivity contribution is 0.843. The first-order chi connectivity index (χ1) is 7.65. The molecule has 0 saturated carbocycles. The maximum atomic E-state index is 5.89. The molecular weight excluding hydrogens is 262 g/mol. The van der Waals surface area contributed by atoms with Crippen molar-refractivity contribution in [1.29, 1.82) is 0 Å². The van der Waals surface area contributed by atoms with Gasteiger partial charge in [0.05, 0.1) is 0 Å². The fraction of sp³-hybridized carbons (Fsp3) is 0.600. The second kappa shape index (κ2) is 7.25. The predicted octanol–water partition coefficient (Wildman–Crippen LogP) is 3.41. The highest BCUT2D eigenvalue weighted by Crippen LogP contribution is 2.17. The van der Waals surface area contributed by atoms with Gasteiger partial charge in [0.25, 0.3) is 0 Å². The van der Waals surface area contributed by atoms with Crippen molar-refractivity contribution in [2.24, 2.45) is 0 Å². The van der Waals surface area contributed by atoms with E-state index in [1.807, 2.05) is 18.0 Å². The average Bonchev–Trinajstić information content (AvgIpc) is 2.28. The van der Waals surface area contributed by atoms with Crippen molar-refractivity contribution in [3.63, 3.8) is 0 Å². The van der Waals surface area contributed by atoms with Crippen LogP contribution in [0.25, 0.3) is 0 Å². The van der Waals surface area contributed by atoms with Gasteiger partial charge >= 0.3 is 0 Å². The van der Waals surface area contributed by atoms with Gasteiger partial charge in [-0.05, 0) is 18.9 Å². The molecule has 1 rings (SSSR count). The van der Waals surface area contributed by atoms with E-state index in [0.717, 1.165) is 18.8 Å². The number of halogens is 1. The highest BCUT2D eigenvalue weighted by atomic mass is 35.5. The molecule has 6 heteroatoms. The second-order valence-corrected chi connectivity index (χ2v) is 5.76. The summed E-state index contributed by atoms with van der Waals surface area (Å²) >= 11 is 9.25. The topological polar surface area (TPSA) is 37.8 Å². The minimum Gasteiger partial charge on any atom is -0.370 e. The monoisotopic (exact) mass is 277 g/mol. The molecule has 0 aliphatic heterocycles. The lowest BCUT2D eigenvalue weighted by Crippen LogP contribution is -2.09. The second-order valence-electron chi connectivity index (χ2n) is 3.32. The fourth-order valence-corrected chi connectivity index (χ4v) is 2.07. The molecule has 0 aliphatic carbocycles. The number of nitrogens with one attached hydrogen (secondary N) is 1. The summed E-state index contributed by atoms with van der Waals surface area (Å²) in [4.78, 5) is 8.41. The summed E-state index contributed by atoms with van der Waals surface area (Å²) in [6, 6.07) is 1.75. The van der Waals surface area contributed by atoms with Crippen molar-refractivity contribution in [1.82, 2.24) is 9.97 Å². The van der Waals surface area contributed by atoms with Gasteiger partial charge in [0.1, 0.15) is 11.0 Å². The molecule has 0 aliphatic rings. The first-order valence-electron chi connectivity index (χ1n) is 5.01. The average molecular weight is 278 g/mol. The number of hydrogen-bond acceptors (Lipinski definition) is 5. The zero-order chi connectivity index (χ0) is 12.0. The van der Waals surface area contributed by atoms with Gasteiger partial charge in [0.15, 0.2) is 5.16 Å². The van der Waals surface area contributed by atoms with Gasteiger partial charge in [-0.15, -0.1) is 0 Å². The van der Waals surface area contributed by atoms with Crippen LogP contribution in [0.3, 0.4) is 0 Å². The third kappa shape index (κ3) is 4.80. The van der Waals surface area contributed by atoms with Gasteiger partial charge in [0, 0.05) is 17.9 Å². The summed E-state index contributed by atoms with van der Waals surface area (Å²) in [5.74, 6) is 0.803. The number of nitrogens with zero attached hydrogens (tertiary/aromatic N) is 2. The Morgan fingerprint density at radius 2 is 2.19 bits per heavy atom. The lowest BCUT2D eigenvalue weighted by atomic mass is 10.3. The van der Waals surface area contributed by atoms with Gasteiger partial charge in [-0.25, -0.2) is 9.97 Å². The highest BCUT2D eigenvalue weighted by molar-refractivity contribution is 7.99. The fourth-order valence-electron chi connectivity index (χ4n) is 1.10. The van der Waals surface area contributed by atoms with Gasteiger partial charge in [-0.1, -0.05) is 30.3 Å². The Morgan fingerprint density at radius 3 is 2.81 bits per heavy atom. The summed E-state index contributed by atoms with van der Waals surface area (Å²) in [6.07, 6.45) is 5.17. The van der Waals surface area contributed by atoms with Crippen molar-refractivity contribution in [2.75, 3.05) is 24.4 Å². The van der Waals surface area contributed by atoms with Crippen LogP contribution < -0.4 is 5.32 Å². The third-order valence-corrected chi connectivity index (χ3v) is 3.90. The Hall–Kier alpha value is -0.130. The predicted molar refractivity (Wildman–Crippen MR) is 74.9 cm³/mol. The van der Waals surface area contributed by atoms with E-state index in [1.165, 1.54) is 11.8 Å². The third-order valence-electron chi connectivity index (χ3n) is 2.12. The first kappa shape index (κ1) is 13.9. The quantitative estimate of drug-likeness (QED) is 0.490. The van der Waals surface area contributed by atoms with Crippen LogP contribution in [0.4, 0.5) is 5.82 Å². The standard InChI is InChI=1S/C10H16ClN3S2/c1-7(15-2)4-5-12-9-6-8(11)13-10(14-9)16-3/h6-7H,4-5H2,1-3H3,(H,12,13,14). The SMILES string of the molecule is CSc1nc(Cl)cc(NCCC(C)SC)n1. The summed E-state index contributed by atoms with van der Waals surface area (Å²) < 4.78 is 0. The molecule has 16 heavy (non-hydrogen) atoms. The molecule has 1 N–H and O–H groups in total. The maximum absolute atomic E-state index is 5.89. The summed E-state index contributed by atoms with van der Waals surface area (Å²) in [7, 11) is 0. The molecule has 0 radical (unpaired) electrons. The van der Waals surface area contributed by atoms with E-state index in [1.54, 1.807) is 6.07 Å². The highest BCUT2D eigenvalue weighted by Gasteiger charge is 2.03. The molecule has 1 unspecified atom stereocenters. The Labute approximate surface area is 110 Å². The lowest BCUT2D eigenvalue weighted by Gasteiger charge is -2.10. The van der Waals surface area contributed by atoms with E-state index < -0.39 is 0 Å². The molecular formula is C10H16ClN3S2. The van der Waals surface area contributed by atoms with Crippen LogP contribution in [0.1, 0.15) is 13.3 Å². The Bertz CT molecular complexity index is 336. The maximum Gasteiger partial charge on any atom is 0.190 e. The first-order valence-corrected chi connectivity index (χ1v) is 7.90. The van der Waals surface area contributed by atoms with Crippen molar-refractivity contribution < 1.29 is 0 Å². The van der Waals surface area contributed by atoms with Gasteiger partial charge < -0.3 is 5.32 Å². The van der Waals surface area contributed by atoms with Crippen molar-refractivity contribution >= 4 is 40.9 Å². The summed E-state index contributed by atoms with van der Waals surface area (Å²) in [6.45, 7) is 3.12. The number of rotatable bonds is 6. The molecule has 1 aromatic heterocycles. The zero-order valence-corrected chi connectivity index (χ0v) is 12.0. The number of aromatic nitrogens is 2. The van der Waals surface area contributed by atoms with E-state index in [-0.39, 0.29) is 0 Å². The molecule has 0 spiro atoms. The minimum absolute atomic E-state index is 0.486. The van der Waals surface area contributed by atoms with Gasteiger partial charge in [-0.3, -0.25) is 0 Å². The zero-order valence-electron chi connectivity index (χ0n) is 9.66. The van der Waals surface area contributed by atoms with Gasteiger partial charge in [-0.2, -0.15) is 11.8 Å².